The molecule has 0 unspecified atom stereocenters. The summed E-state index contributed by atoms with van der Waals surface area (Å²) in [6.45, 7) is 11.4. The van der Waals surface area contributed by atoms with Crippen LogP contribution in [0.15, 0.2) is 23.4 Å². The van der Waals surface area contributed by atoms with Gasteiger partial charge in [-0.05, 0) is 20.8 Å². The van der Waals surface area contributed by atoms with Crippen molar-refractivity contribution < 1.29 is 9.53 Å². The van der Waals surface area contributed by atoms with E-state index in [0.717, 1.165) is 18.8 Å². The molecule has 17 heavy (non-hydrogen) atoms. The molecule has 94 valence electrons. The summed E-state index contributed by atoms with van der Waals surface area (Å²) in [6, 6.07) is 0. The molecule has 1 aliphatic carbocycles. The van der Waals surface area contributed by atoms with Crippen LogP contribution in [0.1, 0.15) is 27.2 Å². The summed E-state index contributed by atoms with van der Waals surface area (Å²) in [5.41, 5.74) is -0.485. The van der Waals surface area contributed by atoms with Crippen LogP contribution in [-0.2, 0) is 9.53 Å². The first-order valence-electron chi connectivity index (χ1n) is 5.99. The van der Waals surface area contributed by atoms with Gasteiger partial charge in [-0.3, -0.25) is 4.79 Å². The minimum atomic E-state index is -0.774. The van der Waals surface area contributed by atoms with Crippen LogP contribution in [0.3, 0.4) is 0 Å². The maximum Gasteiger partial charge on any atom is 0.211 e. The van der Waals surface area contributed by atoms with Gasteiger partial charge in [0, 0.05) is 19.5 Å². The minimum Gasteiger partial charge on any atom is -0.372 e. The molecule has 1 saturated heterocycles. The monoisotopic (exact) mass is 255 g/mol. The highest BCUT2D eigenvalue weighted by molar-refractivity contribution is 6.46. The molecule has 1 fully saturated rings. The van der Waals surface area contributed by atoms with E-state index in [2.05, 4.69) is 11.5 Å². The summed E-state index contributed by atoms with van der Waals surface area (Å²) in [6.07, 6.45) is 2.24. The van der Waals surface area contributed by atoms with Gasteiger partial charge < -0.3 is 9.64 Å². The molecule has 0 N–H and O–H groups in total. The second kappa shape index (κ2) is 3.85. The fourth-order valence-electron chi connectivity index (χ4n) is 2.83. The van der Waals surface area contributed by atoms with Crippen LogP contribution in [0.5, 0.6) is 0 Å². The lowest BCUT2D eigenvalue weighted by Gasteiger charge is -2.26. The number of fused-ring (bicyclic) bond motifs is 1. The lowest BCUT2D eigenvalue weighted by atomic mass is 9.91. The van der Waals surface area contributed by atoms with Gasteiger partial charge in [0.05, 0.1) is 5.70 Å². The van der Waals surface area contributed by atoms with Crippen molar-refractivity contribution in [2.75, 3.05) is 13.1 Å². The number of Topliss-reactive ketones (excluding diaryl/α,β-unsaturated/α-hetero) is 1. The number of ether oxygens (including phenoxy) is 1. The third kappa shape index (κ3) is 1.36. The van der Waals surface area contributed by atoms with Crippen LogP contribution < -0.4 is 0 Å². The van der Waals surface area contributed by atoms with Crippen LogP contribution in [0.25, 0.3) is 0 Å². The second-order valence-corrected chi connectivity index (χ2v) is 5.00. The van der Waals surface area contributed by atoms with Gasteiger partial charge in [0.2, 0.25) is 5.78 Å². The van der Waals surface area contributed by atoms with Crippen LogP contribution in [0.2, 0.25) is 0 Å². The first-order chi connectivity index (χ1) is 7.98. The maximum absolute atomic E-state index is 12.2. The summed E-state index contributed by atoms with van der Waals surface area (Å²) in [7, 11) is 0. The maximum atomic E-state index is 12.2. The first-order valence-corrected chi connectivity index (χ1v) is 6.37. The van der Waals surface area contributed by atoms with Gasteiger partial charge in [-0.1, -0.05) is 17.7 Å². The number of likely N-dealkylation sites (N-methyl/N-ethyl adjacent to an activating group) is 1. The van der Waals surface area contributed by atoms with Crippen molar-refractivity contribution in [1.82, 2.24) is 4.90 Å². The van der Waals surface area contributed by atoms with Crippen molar-refractivity contribution in [2.45, 2.75) is 38.4 Å². The average Bonchev–Trinajstić information content (AvgIpc) is 2.86. The normalized spacial score (nSPS) is 34.9. The largest absolute Gasteiger partial charge is 0.372 e. The highest BCUT2D eigenvalue weighted by atomic mass is 35.5. The zero-order chi connectivity index (χ0) is 12.8. The number of ketones is 1. The van der Waals surface area contributed by atoms with E-state index in [1.54, 1.807) is 6.08 Å². The van der Waals surface area contributed by atoms with Crippen molar-refractivity contribution in [3.05, 3.63) is 23.4 Å². The number of halogens is 1. The predicted molar refractivity (Wildman–Crippen MR) is 67.8 cm³/mol. The first kappa shape index (κ1) is 12.7. The summed E-state index contributed by atoms with van der Waals surface area (Å²) in [4.78, 5) is 14.3. The SMILES string of the molecule is C=CC[C@]12O[C@@]1(C)C(N(CC)CC)=C(Cl)C2=O. The van der Waals surface area contributed by atoms with E-state index in [1.807, 2.05) is 20.8 Å². The fraction of sp³-hybridized carbons (Fsp3) is 0.615. The molecule has 0 amide bonds. The molecule has 2 atom stereocenters. The molecular formula is C13H18ClNO2. The molecule has 0 aromatic rings. The van der Waals surface area contributed by atoms with Gasteiger partial charge in [-0.25, -0.2) is 0 Å². The Morgan fingerprint density at radius 1 is 1.47 bits per heavy atom. The third-order valence-electron chi connectivity index (χ3n) is 3.84. The topological polar surface area (TPSA) is 32.8 Å². The Balaban J connectivity index is 2.41. The van der Waals surface area contributed by atoms with Gasteiger partial charge in [0.1, 0.15) is 10.6 Å². The van der Waals surface area contributed by atoms with E-state index in [4.69, 9.17) is 16.3 Å². The van der Waals surface area contributed by atoms with E-state index in [0.29, 0.717) is 11.5 Å². The summed E-state index contributed by atoms with van der Waals surface area (Å²) in [5.74, 6) is -0.0940. The van der Waals surface area contributed by atoms with E-state index >= 15 is 0 Å². The van der Waals surface area contributed by atoms with Crippen molar-refractivity contribution in [2.24, 2.45) is 0 Å². The van der Waals surface area contributed by atoms with Crippen LogP contribution in [-0.4, -0.2) is 35.0 Å². The Labute approximate surface area is 107 Å². The Morgan fingerprint density at radius 3 is 2.53 bits per heavy atom. The molecular weight excluding hydrogens is 238 g/mol. The van der Waals surface area contributed by atoms with Crippen LogP contribution in [0, 0.1) is 0 Å². The summed E-state index contributed by atoms with van der Waals surface area (Å²) in [5, 5.41) is 0.337. The number of carbonyl (C=O) groups excluding carboxylic acids is 1. The third-order valence-corrected chi connectivity index (χ3v) is 4.20. The molecule has 0 bridgehead atoms. The quantitative estimate of drug-likeness (QED) is 0.559. The van der Waals surface area contributed by atoms with E-state index in [9.17, 15) is 4.79 Å². The summed E-state index contributed by atoms with van der Waals surface area (Å²) < 4.78 is 5.74. The van der Waals surface area contributed by atoms with Crippen LogP contribution >= 0.6 is 11.6 Å². The molecule has 3 nitrogen and oxygen atoms in total. The molecule has 0 saturated carbocycles. The van der Waals surface area contributed by atoms with Gasteiger partial charge in [0.15, 0.2) is 5.60 Å². The smallest absolute Gasteiger partial charge is 0.211 e. The minimum absolute atomic E-state index is 0.0940. The highest BCUT2D eigenvalue weighted by Gasteiger charge is 2.78. The fourth-order valence-corrected chi connectivity index (χ4v) is 3.29. The molecule has 2 rings (SSSR count). The van der Waals surface area contributed by atoms with Gasteiger partial charge in [-0.2, -0.15) is 0 Å². The Hall–Kier alpha value is -0.800. The van der Waals surface area contributed by atoms with Gasteiger partial charge in [-0.15, -0.1) is 6.58 Å². The zero-order valence-corrected chi connectivity index (χ0v) is 11.3. The zero-order valence-electron chi connectivity index (χ0n) is 10.5. The number of nitrogens with zero attached hydrogens (tertiary/aromatic N) is 1. The number of hydrogen-bond donors (Lipinski definition) is 0. The van der Waals surface area contributed by atoms with Crippen molar-refractivity contribution >= 4 is 17.4 Å². The van der Waals surface area contributed by atoms with Crippen molar-refractivity contribution in [1.29, 1.82) is 0 Å². The number of epoxide rings is 1. The molecule has 2 aliphatic rings. The predicted octanol–water partition coefficient (Wildman–Crippen LogP) is 2.47. The van der Waals surface area contributed by atoms with Gasteiger partial charge >= 0.3 is 0 Å². The molecule has 0 aromatic heterocycles. The molecule has 1 heterocycles. The number of rotatable bonds is 5. The lowest BCUT2D eigenvalue weighted by Crippen LogP contribution is -2.32. The lowest BCUT2D eigenvalue weighted by molar-refractivity contribution is -0.119. The number of carbonyl (C=O) groups is 1. The Morgan fingerprint density at radius 2 is 2.06 bits per heavy atom. The molecule has 0 spiro atoms. The molecule has 1 aliphatic heterocycles. The van der Waals surface area contributed by atoms with E-state index in [-0.39, 0.29) is 5.78 Å². The molecule has 0 radical (unpaired) electrons. The number of hydrogen-bond acceptors (Lipinski definition) is 3. The van der Waals surface area contributed by atoms with E-state index < -0.39 is 11.2 Å². The second-order valence-electron chi connectivity index (χ2n) is 4.62. The average molecular weight is 256 g/mol. The molecule has 0 aromatic carbocycles. The Bertz CT molecular complexity index is 414. The van der Waals surface area contributed by atoms with Gasteiger partial charge in [0.25, 0.3) is 0 Å². The van der Waals surface area contributed by atoms with E-state index in [1.165, 1.54) is 0 Å². The summed E-state index contributed by atoms with van der Waals surface area (Å²) >= 11 is 6.20. The standard InChI is InChI=1S/C13H18ClNO2/c1-5-8-13-11(16)9(14)10(12(13,4)17-13)15(6-2)7-3/h5H,1,6-8H2,2-4H3/t12-,13+/m0/s1. The molecule has 4 heteroatoms. The van der Waals surface area contributed by atoms with Crippen molar-refractivity contribution in [3.8, 4) is 0 Å². The Kier molecular flexibility index (Phi) is 2.87. The van der Waals surface area contributed by atoms with Crippen LogP contribution in [0.4, 0.5) is 0 Å². The highest BCUT2D eigenvalue weighted by Crippen LogP contribution is 2.63. The van der Waals surface area contributed by atoms with Crippen molar-refractivity contribution in [3.63, 3.8) is 0 Å².